The molecule has 0 saturated carbocycles. The molecular weight excluding hydrogens is 203 g/mol. The van der Waals surface area contributed by atoms with E-state index in [2.05, 4.69) is 0 Å². The number of rotatable bonds is 1. The maximum absolute atomic E-state index is 13.5. The third kappa shape index (κ3) is 1.37. The number of halogens is 1. The van der Waals surface area contributed by atoms with Crippen LogP contribution in [0.4, 0.5) is 4.39 Å². The van der Waals surface area contributed by atoms with Crippen LogP contribution >= 0.6 is 0 Å². The first kappa shape index (κ1) is 9.15. The van der Waals surface area contributed by atoms with E-state index < -0.39 is 16.5 Å². The van der Waals surface area contributed by atoms with Crippen molar-refractivity contribution in [2.24, 2.45) is 0 Å². The highest BCUT2D eigenvalue weighted by molar-refractivity contribution is 7.72. The van der Waals surface area contributed by atoms with E-state index in [0.29, 0.717) is 10.8 Å². The van der Waals surface area contributed by atoms with E-state index in [1.165, 1.54) is 6.07 Å². The maximum atomic E-state index is 13.5. The summed E-state index contributed by atoms with van der Waals surface area (Å²) in [6, 6.07) is 9.63. The van der Waals surface area contributed by atoms with Crippen molar-refractivity contribution < 1.29 is 12.8 Å². The second-order valence-electron chi connectivity index (χ2n) is 2.88. The molecule has 0 aliphatic carbocycles. The molecule has 0 aromatic heterocycles. The summed E-state index contributed by atoms with van der Waals surface area (Å²) in [6.07, 6.45) is 0. The van der Waals surface area contributed by atoms with Gasteiger partial charge in [0.1, 0.15) is 10.7 Å². The zero-order chi connectivity index (χ0) is 10.1. The van der Waals surface area contributed by atoms with Gasteiger partial charge in [-0.25, -0.2) is 12.8 Å². The first-order valence-corrected chi connectivity index (χ1v) is 5.19. The summed E-state index contributed by atoms with van der Waals surface area (Å²) in [4.78, 5) is -0.251. The van der Waals surface area contributed by atoms with Crippen molar-refractivity contribution in [1.29, 1.82) is 0 Å². The van der Waals surface area contributed by atoms with Crippen LogP contribution in [0.1, 0.15) is 0 Å². The Balaban J connectivity index is 2.88. The Morgan fingerprint density at radius 3 is 2.43 bits per heavy atom. The number of fused-ring (bicyclic) bond motifs is 1. The topological polar surface area (TPSA) is 34.1 Å². The Hall–Kier alpha value is -1.42. The van der Waals surface area contributed by atoms with Crippen molar-refractivity contribution in [1.82, 2.24) is 0 Å². The molecule has 0 fully saturated rings. The van der Waals surface area contributed by atoms with Crippen molar-refractivity contribution in [3.63, 3.8) is 0 Å². The van der Waals surface area contributed by atoms with E-state index in [9.17, 15) is 12.8 Å². The fourth-order valence-corrected chi connectivity index (χ4v) is 1.84. The van der Waals surface area contributed by atoms with Crippen LogP contribution < -0.4 is 0 Å². The van der Waals surface area contributed by atoms with Crippen LogP contribution in [-0.4, -0.2) is 8.42 Å². The van der Waals surface area contributed by atoms with Crippen molar-refractivity contribution in [3.8, 4) is 0 Å². The molecule has 0 bridgehead atoms. The van der Waals surface area contributed by atoms with Gasteiger partial charge in [0.05, 0.1) is 0 Å². The SMILES string of the molecule is O=[SH](=O)c1ccc2ccccc2c1F. The lowest BCUT2D eigenvalue weighted by molar-refractivity contribution is 0.586. The van der Waals surface area contributed by atoms with Crippen LogP contribution in [0.25, 0.3) is 10.8 Å². The highest BCUT2D eigenvalue weighted by Crippen LogP contribution is 2.21. The molecule has 0 spiro atoms. The van der Waals surface area contributed by atoms with Crippen molar-refractivity contribution in [2.75, 3.05) is 0 Å². The molecule has 14 heavy (non-hydrogen) atoms. The standard InChI is InChI=1S/C10H7FO2S/c11-10-8-4-2-1-3-7(8)5-6-9(10)14(12)13/h1-6,14H. The number of hydrogen-bond donors (Lipinski definition) is 1. The fraction of sp³-hybridized carbons (Fsp3) is 0. The lowest BCUT2D eigenvalue weighted by atomic mass is 10.1. The van der Waals surface area contributed by atoms with Crippen LogP contribution in [0.15, 0.2) is 41.3 Å². The van der Waals surface area contributed by atoms with Crippen LogP contribution in [0.2, 0.25) is 0 Å². The molecule has 2 aromatic rings. The van der Waals surface area contributed by atoms with Gasteiger partial charge in [-0.3, -0.25) is 0 Å². The summed E-state index contributed by atoms with van der Waals surface area (Å²) >= 11 is 0. The van der Waals surface area contributed by atoms with Gasteiger partial charge in [-0.2, -0.15) is 0 Å². The zero-order valence-electron chi connectivity index (χ0n) is 7.11. The van der Waals surface area contributed by atoms with E-state index >= 15 is 0 Å². The average Bonchev–Trinajstić information content (AvgIpc) is 2.18. The lowest BCUT2D eigenvalue weighted by Crippen LogP contribution is -1.88. The summed E-state index contributed by atoms with van der Waals surface area (Å²) in [7, 11) is -2.86. The summed E-state index contributed by atoms with van der Waals surface area (Å²) in [5, 5.41) is 1.04. The molecule has 0 aliphatic heterocycles. The average molecular weight is 210 g/mol. The van der Waals surface area contributed by atoms with E-state index in [0.717, 1.165) is 0 Å². The van der Waals surface area contributed by atoms with Crippen LogP contribution in [-0.2, 0) is 10.7 Å². The molecule has 2 rings (SSSR count). The molecule has 0 aliphatic rings. The molecule has 0 amide bonds. The Kier molecular flexibility index (Phi) is 2.21. The molecule has 4 heteroatoms. The molecule has 0 saturated heterocycles. The van der Waals surface area contributed by atoms with Gasteiger partial charge in [0, 0.05) is 5.39 Å². The Morgan fingerprint density at radius 1 is 1.00 bits per heavy atom. The Labute approximate surface area is 81.9 Å². The van der Waals surface area contributed by atoms with Gasteiger partial charge in [0.15, 0.2) is 10.7 Å². The molecule has 0 atom stereocenters. The molecular formula is C10H7FO2S. The number of hydrogen-bond acceptors (Lipinski definition) is 2. The number of thiol groups is 1. The Morgan fingerprint density at radius 2 is 1.71 bits per heavy atom. The van der Waals surface area contributed by atoms with Gasteiger partial charge in [-0.05, 0) is 11.5 Å². The minimum absolute atomic E-state index is 0.251. The highest BCUT2D eigenvalue weighted by Gasteiger charge is 2.07. The lowest BCUT2D eigenvalue weighted by Gasteiger charge is -2.00. The van der Waals surface area contributed by atoms with Crippen molar-refractivity contribution >= 4 is 21.5 Å². The van der Waals surface area contributed by atoms with Crippen molar-refractivity contribution in [3.05, 3.63) is 42.2 Å². The maximum Gasteiger partial charge on any atom is 0.171 e. The predicted octanol–water partition coefficient (Wildman–Crippen LogP) is 1.95. The fourth-order valence-electron chi connectivity index (χ4n) is 1.36. The summed E-state index contributed by atoms with van der Waals surface area (Å²) < 4.78 is 34.9. The molecule has 0 radical (unpaired) electrons. The third-order valence-corrected chi connectivity index (χ3v) is 2.78. The van der Waals surface area contributed by atoms with Gasteiger partial charge in [0.25, 0.3) is 0 Å². The van der Waals surface area contributed by atoms with E-state index in [4.69, 9.17) is 0 Å². The van der Waals surface area contributed by atoms with Crippen LogP contribution in [0, 0.1) is 5.82 Å². The van der Waals surface area contributed by atoms with Gasteiger partial charge in [-0.15, -0.1) is 0 Å². The largest absolute Gasteiger partial charge is 0.227 e. The summed E-state index contributed by atoms with van der Waals surface area (Å²) in [5.41, 5.74) is 0. The van der Waals surface area contributed by atoms with Crippen LogP contribution in [0.3, 0.4) is 0 Å². The third-order valence-electron chi connectivity index (χ3n) is 2.04. The van der Waals surface area contributed by atoms with Gasteiger partial charge in [0.2, 0.25) is 0 Å². The second kappa shape index (κ2) is 3.38. The first-order valence-electron chi connectivity index (χ1n) is 4.02. The summed E-state index contributed by atoms with van der Waals surface area (Å²) in [5.74, 6) is -0.667. The van der Waals surface area contributed by atoms with E-state index in [-0.39, 0.29) is 4.90 Å². The molecule has 0 unspecified atom stereocenters. The second-order valence-corrected chi connectivity index (χ2v) is 3.87. The molecule has 0 N–H and O–H groups in total. The minimum Gasteiger partial charge on any atom is -0.227 e. The molecule has 2 nitrogen and oxygen atoms in total. The predicted molar refractivity (Wildman–Crippen MR) is 52.5 cm³/mol. The van der Waals surface area contributed by atoms with Gasteiger partial charge >= 0.3 is 0 Å². The first-order chi connectivity index (χ1) is 6.70. The zero-order valence-corrected chi connectivity index (χ0v) is 8.00. The quantitative estimate of drug-likeness (QED) is 0.730. The molecule has 72 valence electrons. The monoisotopic (exact) mass is 210 g/mol. The van der Waals surface area contributed by atoms with E-state index in [1.807, 2.05) is 0 Å². The highest BCUT2D eigenvalue weighted by atomic mass is 32.2. The number of benzene rings is 2. The van der Waals surface area contributed by atoms with Gasteiger partial charge in [-0.1, -0.05) is 30.3 Å². The van der Waals surface area contributed by atoms with Gasteiger partial charge < -0.3 is 0 Å². The molecule has 2 aromatic carbocycles. The van der Waals surface area contributed by atoms with Crippen molar-refractivity contribution in [2.45, 2.75) is 4.90 Å². The normalized spacial score (nSPS) is 11.0. The molecule has 0 heterocycles. The Bertz CT molecular complexity index is 553. The smallest absolute Gasteiger partial charge is 0.171 e. The minimum atomic E-state index is -2.86. The summed E-state index contributed by atoms with van der Waals surface area (Å²) in [6.45, 7) is 0. The van der Waals surface area contributed by atoms with Crippen LogP contribution in [0.5, 0.6) is 0 Å². The van der Waals surface area contributed by atoms with E-state index in [1.54, 1.807) is 30.3 Å².